The summed E-state index contributed by atoms with van der Waals surface area (Å²) in [5.41, 5.74) is 12.6. The highest BCUT2D eigenvalue weighted by molar-refractivity contribution is 7.16. The van der Waals surface area contributed by atoms with Crippen LogP contribution in [0.25, 0.3) is 44.5 Å². The Labute approximate surface area is 367 Å². The maximum atomic E-state index is 9.35. The van der Waals surface area contributed by atoms with Gasteiger partial charge in [0.2, 0.25) is 0 Å². The Morgan fingerprint density at radius 1 is 0.367 bits per heavy atom. The minimum Gasteiger partial charge on any atom is -0.310 e. The second kappa shape index (κ2) is 13.5. The quantitative estimate of drug-likeness (QED) is 0.155. The molecule has 0 aliphatic carbocycles. The molecule has 0 spiro atoms. The largest absolute Gasteiger partial charge is 0.310 e. The lowest BCUT2D eigenvalue weighted by atomic mass is 9.33. The van der Waals surface area contributed by atoms with Crippen molar-refractivity contribution < 1.29 is 13.7 Å². The van der Waals surface area contributed by atoms with E-state index in [0.29, 0.717) is 22.5 Å². The molecule has 282 valence electrons. The van der Waals surface area contributed by atoms with E-state index in [1.807, 2.05) is 103 Å². The Bertz CT molecular complexity index is 3440. The van der Waals surface area contributed by atoms with E-state index in [4.69, 9.17) is 8.22 Å². The van der Waals surface area contributed by atoms with Crippen molar-refractivity contribution in [3.63, 3.8) is 0 Å². The number of hydrogen-bond acceptors (Lipinski definition) is 2. The van der Waals surface area contributed by atoms with Crippen LogP contribution in [0.5, 0.6) is 0 Å². The van der Waals surface area contributed by atoms with Gasteiger partial charge in [-0.3, -0.25) is 0 Å². The molecule has 3 aliphatic heterocycles. The van der Waals surface area contributed by atoms with Crippen molar-refractivity contribution in [2.75, 3.05) is 9.80 Å². The van der Waals surface area contributed by atoms with Gasteiger partial charge in [-0.1, -0.05) is 211 Å². The molecule has 12 rings (SSSR count). The first-order valence-electron chi connectivity index (χ1n) is 25.2. The van der Waals surface area contributed by atoms with Gasteiger partial charge < -0.3 is 9.80 Å². The van der Waals surface area contributed by atoms with Gasteiger partial charge in [0.1, 0.15) is 8.07 Å². The summed E-state index contributed by atoms with van der Waals surface area (Å²) in [6.07, 6.45) is 0. The summed E-state index contributed by atoms with van der Waals surface area (Å²) in [6, 6.07) is 46.9. The molecule has 3 heterocycles. The summed E-state index contributed by atoms with van der Waals surface area (Å²) in [5, 5.41) is 2.54. The van der Waals surface area contributed by atoms with E-state index in [1.54, 1.807) is 0 Å². The molecular formula is C56H41BN2Si. The van der Waals surface area contributed by atoms with Crippen molar-refractivity contribution in [3.05, 3.63) is 212 Å². The molecule has 0 aromatic heterocycles. The number of para-hydroxylation sites is 2. The normalized spacial score (nSPS) is 16.2. The highest BCUT2D eigenvalue weighted by Crippen LogP contribution is 2.52. The Morgan fingerprint density at radius 3 is 1.13 bits per heavy atom. The van der Waals surface area contributed by atoms with Crippen LogP contribution in [0, 0.1) is 0 Å². The van der Waals surface area contributed by atoms with Crippen LogP contribution >= 0.6 is 0 Å². The molecule has 0 bridgehead atoms. The van der Waals surface area contributed by atoms with Crippen molar-refractivity contribution in [3.8, 4) is 44.5 Å². The Hall–Kier alpha value is -7.14. The van der Waals surface area contributed by atoms with Crippen LogP contribution in [0.4, 0.5) is 34.1 Å². The summed E-state index contributed by atoms with van der Waals surface area (Å²) in [4.78, 5) is 4.49. The third-order valence-electron chi connectivity index (χ3n) is 12.6. The Morgan fingerprint density at radius 2 is 0.717 bits per heavy atom. The zero-order chi connectivity index (χ0) is 48.7. The molecule has 0 amide bonds. The summed E-state index contributed by atoms with van der Waals surface area (Å²) >= 11 is 0. The van der Waals surface area contributed by atoms with Crippen molar-refractivity contribution >= 4 is 75.7 Å². The van der Waals surface area contributed by atoms with Crippen molar-refractivity contribution in [2.24, 2.45) is 0 Å². The molecule has 0 unspecified atom stereocenters. The van der Waals surface area contributed by atoms with Gasteiger partial charge >= 0.3 is 0 Å². The lowest BCUT2D eigenvalue weighted by Gasteiger charge is -2.50. The second-order valence-electron chi connectivity index (χ2n) is 16.1. The van der Waals surface area contributed by atoms with Crippen LogP contribution < -0.4 is 36.6 Å². The van der Waals surface area contributed by atoms with Gasteiger partial charge in [-0.05, 0) is 62.9 Å². The molecule has 0 saturated heterocycles. The minimum atomic E-state index is -2.57. The van der Waals surface area contributed by atoms with E-state index in [2.05, 4.69) is 71.4 Å². The predicted octanol–water partition coefficient (Wildman–Crippen LogP) is 11.6. The zero-order valence-electron chi connectivity index (χ0n) is 42.9. The van der Waals surface area contributed by atoms with Crippen molar-refractivity contribution in [1.29, 1.82) is 0 Å². The van der Waals surface area contributed by atoms with Gasteiger partial charge in [0.15, 0.2) is 0 Å². The van der Waals surface area contributed by atoms with Gasteiger partial charge in [0.05, 0.1) is 25.1 Å². The molecule has 2 nitrogen and oxygen atoms in total. The molecule has 0 saturated carbocycles. The first-order valence-corrected chi connectivity index (χ1v) is 23.2. The molecule has 3 aliphatic rings. The Balaban J connectivity index is 1.25. The van der Waals surface area contributed by atoms with Crippen molar-refractivity contribution in [2.45, 2.75) is 13.1 Å². The summed E-state index contributed by atoms with van der Waals surface area (Å²) in [6.45, 7) is 4.51. The van der Waals surface area contributed by atoms with Gasteiger partial charge in [0.25, 0.3) is 6.71 Å². The average Bonchev–Trinajstić information content (AvgIpc) is 3.38. The highest BCUT2D eigenvalue weighted by atomic mass is 28.3. The van der Waals surface area contributed by atoms with Crippen molar-refractivity contribution in [1.82, 2.24) is 0 Å². The number of benzene rings is 9. The van der Waals surface area contributed by atoms with Gasteiger partial charge in [0, 0.05) is 45.0 Å². The van der Waals surface area contributed by atoms with E-state index < -0.39 is 44.3 Å². The third-order valence-corrected chi connectivity index (χ3v) is 16.2. The molecule has 9 aromatic carbocycles. The van der Waals surface area contributed by atoms with E-state index in [9.17, 15) is 5.48 Å². The van der Waals surface area contributed by atoms with E-state index in [-0.39, 0.29) is 42.0 Å². The second-order valence-corrected chi connectivity index (χ2v) is 20.4. The molecule has 0 N–H and O–H groups in total. The van der Waals surface area contributed by atoms with Crippen LogP contribution in [0.2, 0.25) is 13.1 Å². The van der Waals surface area contributed by atoms with E-state index >= 15 is 0 Å². The smallest absolute Gasteiger partial charge is 0.251 e. The van der Waals surface area contributed by atoms with Crippen LogP contribution in [-0.2, 0) is 0 Å². The number of rotatable bonds is 6. The molecule has 0 fully saturated rings. The topological polar surface area (TPSA) is 6.48 Å². The minimum absolute atomic E-state index is 0.0968. The monoisotopic (exact) mass is 790 g/mol. The van der Waals surface area contributed by atoms with Gasteiger partial charge in [-0.15, -0.1) is 0 Å². The molecular weight excluding hydrogens is 740 g/mol. The summed E-state index contributed by atoms with van der Waals surface area (Å²) in [5.74, 6) is 0. The number of hydrogen-bond donors (Lipinski definition) is 0. The lowest BCUT2D eigenvalue weighted by molar-refractivity contribution is 1.25. The molecule has 9 aromatic rings. The Kier molecular flexibility index (Phi) is 5.84. The SMILES string of the molecule is [2H]c1c([2H])c([2H])c(-c2cccc(-c3ccccc3)c2N2c3cccc4c3B3c5c2cccc5[Si](C)(C)c2cccc(c23)N4c2c(-c3ccccc3)cccc2-c2c([2H])c([2H])c([2H])c([2H])c2[2H])c([2H])c1[2H]. The summed E-state index contributed by atoms with van der Waals surface area (Å²) < 4.78 is 89.8. The number of nitrogens with zero attached hydrogens (tertiary/aromatic N) is 2. The lowest BCUT2D eigenvalue weighted by Crippen LogP contribution is -2.79. The third kappa shape index (κ3) is 5.01. The fourth-order valence-corrected chi connectivity index (χ4v) is 13.4. The summed E-state index contributed by atoms with van der Waals surface area (Å²) in [7, 11) is -2.57. The molecule has 0 radical (unpaired) electrons. The fraction of sp³-hybridized carbons (Fsp3) is 0.0357. The zero-order valence-corrected chi connectivity index (χ0v) is 33.9. The number of anilines is 6. The van der Waals surface area contributed by atoms with Gasteiger partial charge in [-0.2, -0.15) is 0 Å². The molecule has 60 heavy (non-hydrogen) atoms. The predicted molar refractivity (Wildman–Crippen MR) is 259 cm³/mol. The maximum Gasteiger partial charge on any atom is 0.251 e. The first kappa shape index (κ1) is 26.1. The van der Waals surface area contributed by atoms with Crippen LogP contribution in [0.15, 0.2) is 212 Å². The highest BCUT2D eigenvalue weighted by Gasteiger charge is 2.52. The fourth-order valence-electron chi connectivity index (χ4n) is 10.2. The molecule has 0 atom stereocenters. The average molecular weight is 791 g/mol. The van der Waals surface area contributed by atoms with Crippen LogP contribution in [0.1, 0.15) is 13.7 Å². The van der Waals surface area contributed by atoms with Crippen LogP contribution in [0.3, 0.4) is 0 Å². The van der Waals surface area contributed by atoms with Crippen LogP contribution in [-0.4, -0.2) is 14.8 Å². The first-order chi connectivity index (χ1) is 33.7. The maximum absolute atomic E-state index is 9.35. The standard InChI is InChI=1S/C56H41BN2Si/c1-60(2)50-36-18-34-48-53(50)57-52-46(58(48)55-42(38-20-7-3-8-21-38)28-15-29-43(55)39-22-9-4-10-23-39)32-17-33-47(52)59(49-35-19-37-51(60)54(49)57)56-44(40-24-11-5-12-25-40)30-16-31-45(56)41-26-13-6-14-27-41/h3-37H,1-2H3/i3D,5D,7D,8D,11D,12D,20D,21D,24D,25D. The molecule has 4 heteroatoms. The van der Waals surface area contributed by atoms with E-state index in [1.165, 1.54) is 10.4 Å². The van der Waals surface area contributed by atoms with E-state index in [0.717, 1.165) is 61.4 Å². The van der Waals surface area contributed by atoms with Gasteiger partial charge in [-0.25, -0.2) is 0 Å².